The number of amides is 1. The second-order valence-electron chi connectivity index (χ2n) is 6.34. The van der Waals surface area contributed by atoms with Crippen LogP contribution < -0.4 is 10.1 Å². The minimum atomic E-state index is -0.288. The minimum Gasteiger partial charge on any atom is -0.484 e. The van der Waals surface area contributed by atoms with Gasteiger partial charge in [0.2, 0.25) is 5.89 Å². The van der Waals surface area contributed by atoms with Crippen LogP contribution in [0.4, 0.5) is 5.69 Å². The maximum Gasteiger partial charge on any atom is 0.276 e. The van der Waals surface area contributed by atoms with Crippen molar-refractivity contribution in [2.24, 2.45) is 0 Å². The molecule has 0 saturated carbocycles. The standard InChI is InChI=1S/C21H18ClN5O3/c1-2-27-11-10-18(26-27)20(28)23-16-4-3-5-17(12-16)29-13-19-24-25-21(30-19)14-6-8-15(22)9-7-14/h3-12H,2,13H2,1H3,(H,23,28). The Balaban J connectivity index is 1.37. The summed E-state index contributed by atoms with van der Waals surface area (Å²) >= 11 is 5.89. The van der Waals surface area contributed by atoms with E-state index in [0.717, 1.165) is 5.56 Å². The summed E-state index contributed by atoms with van der Waals surface area (Å²) in [5.74, 6) is 0.985. The van der Waals surface area contributed by atoms with Gasteiger partial charge in [-0.2, -0.15) is 5.10 Å². The fourth-order valence-electron chi connectivity index (χ4n) is 2.68. The number of rotatable bonds is 7. The second kappa shape index (κ2) is 8.79. The maximum absolute atomic E-state index is 12.3. The van der Waals surface area contributed by atoms with Crippen molar-refractivity contribution < 1.29 is 13.9 Å². The van der Waals surface area contributed by atoms with Crippen LogP contribution in [0.15, 0.2) is 65.2 Å². The summed E-state index contributed by atoms with van der Waals surface area (Å²) in [5.41, 5.74) is 1.72. The second-order valence-corrected chi connectivity index (χ2v) is 6.77. The van der Waals surface area contributed by atoms with Crippen LogP contribution in [-0.2, 0) is 13.2 Å². The molecule has 0 aliphatic carbocycles. The van der Waals surface area contributed by atoms with Crippen molar-refractivity contribution in [2.75, 3.05) is 5.32 Å². The molecule has 4 rings (SSSR count). The van der Waals surface area contributed by atoms with Crippen molar-refractivity contribution in [3.05, 3.63) is 77.4 Å². The van der Waals surface area contributed by atoms with Gasteiger partial charge in [0.25, 0.3) is 11.8 Å². The summed E-state index contributed by atoms with van der Waals surface area (Å²) in [7, 11) is 0. The Hall–Kier alpha value is -3.65. The molecule has 9 heteroatoms. The molecule has 2 aromatic heterocycles. The molecule has 0 saturated heterocycles. The van der Waals surface area contributed by atoms with Crippen molar-refractivity contribution in [3.63, 3.8) is 0 Å². The molecule has 1 amide bonds. The molecular formula is C21H18ClN5O3. The third-order valence-electron chi connectivity index (χ3n) is 4.21. The van der Waals surface area contributed by atoms with Crippen molar-refractivity contribution in [2.45, 2.75) is 20.1 Å². The lowest BCUT2D eigenvalue weighted by Crippen LogP contribution is -2.13. The molecule has 0 atom stereocenters. The number of nitrogens with zero attached hydrogens (tertiary/aromatic N) is 4. The van der Waals surface area contributed by atoms with E-state index < -0.39 is 0 Å². The van der Waals surface area contributed by atoms with Crippen molar-refractivity contribution in [1.82, 2.24) is 20.0 Å². The Morgan fingerprint density at radius 2 is 2.00 bits per heavy atom. The molecule has 2 aromatic carbocycles. The minimum absolute atomic E-state index is 0.0961. The molecule has 8 nitrogen and oxygen atoms in total. The van der Waals surface area contributed by atoms with Gasteiger partial charge in [0, 0.05) is 35.1 Å². The number of benzene rings is 2. The van der Waals surface area contributed by atoms with Gasteiger partial charge in [-0.25, -0.2) is 0 Å². The molecule has 0 aliphatic rings. The summed E-state index contributed by atoms with van der Waals surface area (Å²) < 4.78 is 13.0. The van der Waals surface area contributed by atoms with Crippen LogP contribution in [0.2, 0.25) is 5.02 Å². The lowest BCUT2D eigenvalue weighted by atomic mass is 10.2. The quantitative estimate of drug-likeness (QED) is 0.472. The molecule has 4 aromatic rings. The number of halogens is 1. The van der Waals surface area contributed by atoms with Gasteiger partial charge >= 0.3 is 0 Å². The largest absolute Gasteiger partial charge is 0.484 e. The summed E-state index contributed by atoms with van der Waals surface area (Å²) in [4.78, 5) is 12.3. The van der Waals surface area contributed by atoms with Gasteiger partial charge in [-0.05, 0) is 49.4 Å². The third kappa shape index (κ3) is 4.66. The van der Waals surface area contributed by atoms with E-state index in [1.54, 1.807) is 65.5 Å². The highest BCUT2D eigenvalue weighted by Crippen LogP contribution is 2.22. The molecule has 152 valence electrons. The molecule has 0 radical (unpaired) electrons. The van der Waals surface area contributed by atoms with Crippen LogP contribution in [0.5, 0.6) is 5.75 Å². The molecule has 30 heavy (non-hydrogen) atoms. The van der Waals surface area contributed by atoms with Crippen molar-refractivity contribution >= 4 is 23.2 Å². The van der Waals surface area contributed by atoms with Gasteiger partial charge in [-0.3, -0.25) is 9.48 Å². The Bertz CT molecular complexity index is 1150. The average Bonchev–Trinajstić information content (AvgIpc) is 3.43. The first-order valence-electron chi connectivity index (χ1n) is 9.26. The van der Waals surface area contributed by atoms with Crippen LogP contribution >= 0.6 is 11.6 Å². The van der Waals surface area contributed by atoms with E-state index >= 15 is 0 Å². The number of anilines is 1. The fraction of sp³-hybridized carbons (Fsp3) is 0.143. The lowest BCUT2D eigenvalue weighted by molar-refractivity contribution is 0.102. The highest BCUT2D eigenvalue weighted by atomic mass is 35.5. The van der Waals surface area contributed by atoms with E-state index in [1.165, 1.54) is 0 Å². The van der Waals surface area contributed by atoms with Gasteiger partial charge in [-0.15, -0.1) is 10.2 Å². The van der Waals surface area contributed by atoms with Crippen LogP contribution in [0.1, 0.15) is 23.3 Å². The first-order chi connectivity index (χ1) is 14.6. The zero-order valence-electron chi connectivity index (χ0n) is 16.1. The Labute approximate surface area is 177 Å². The van der Waals surface area contributed by atoms with E-state index in [4.69, 9.17) is 20.8 Å². The molecule has 0 fully saturated rings. The summed E-state index contributed by atoms with van der Waals surface area (Å²) in [6.07, 6.45) is 1.76. The maximum atomic E-state index is 12.3. The van der Waals surface area contributed by atoms with Crippen LogP contribution in [0.25, 0.3) is 11.5 Å². The SMILES string of the molecule is CCn1ccc(C(=O)Nc2cccc(OCc3nnc(-c4ccc(Cl)cc4)o3)c2)n1. The molecular weight excluding hydrogens is 406 g/mol. The van der Waals surface area contributed by atoms with Gasteiger partial charge in [0.1, 0.15) is 5.75 Å². The zero-order chi connectivity index (χ0) is 20.9. The number of aryl methyl sites for hydroxylation is 1. The number of hydrogen-bond donors (Lipinski definition) is 1. The Morgan fingerprint density at radius 1 is 1.17 bits per heavy atom. The Kier molecular flexibility index (Phi) is 5.76. The van der Waals surface area contributed by atoms with Crippen molar-refractivity contribution in [1.29, 1.82) is 0 Å². The number of nitrogens with one attached hydrogen (secondary N) is 1. The van der Waals surface area contributed by atoms with E-state index in [1.807, 2.05) is 6.92 Å². The molecule has 2 heterocycles. The smallest absolute Gasteiger partial charge is 0.276 e. The lowest BCUT2D eigenvalue weighted by Gasteiger charge is -2.07. The van der Waals surface area contributed by atoms with E-state index in [-0.39, 0.29) is 12.5 Å². The molecule has 0 spiro atoms. The predicted molar refractivity (Wildman–Crippen MR) is 111 cm³/mol. The van der Waals surface area contributed by atoms with E-state index in [9.17, 15) is 4.79 Å². The predicted octanol–water partition coefficient (Wildman–Crippen LogP) is 4.44. The fourth-order valence-corrected chi connectivity index (χ4v) is 2.81. The number of aromatic nitrogens is 4. The normalized spacial score (nSPS) is 10.7. The monoisotopic (exact) mass is 423 g/mol. The van der Waals surface area contributed by atoms with Gasteiger partial charge in [0.05, 0.1) is 0 Å². The van der Waals surface area contributed by atoms with Gasteiger partial charge in [0.15, 0.2) is 12.3 Å². The third-order valence-corrected chi connectivity index (χ3v) is 4.46. The number of carbonyl (C=O) groups excluding carboxylic acids is 1. The number of ether oxygens (including phenoxy) is 1. The first kappa shape index (κ1) is 19.7. The topological polar surface area (TPSA) is 95.1 Å². The number of carbonyl (C=O) groups is 1. The highest BCUT2D eigenvalue weighted by molar-refractivity contribution is 6.30. The van der Waals surface area contributed by atoms with Crippen molar-refractivity contribution in [3.8, 4) is 17.2 Å². The summed E-state index contributed by atoms with van der Waals surface area (Å²) in [6.45, 7) is 2.75. The molecule has 0 aliphatic heterocycles. The molecule has 0 unspecified atom stereocenters. The Morgan fingerprint density at radius 3 is 2.77 bits per heavy atom. The zero-order valence-corrected chi connectivity index (χ0v) is 16.8. The van der Waals surface area contributed by atoms with Gasteiger partial charge in [-0.1, -0.05) is 17.7 Å². The van der Waals surface area contributed by atoms with Crippen LogP contribution in [-0.4, -0.2) is 25.9 Å². The first-order valence-corrected chi connectivity index (χ1v) is 9.64. The average molecular weight is 424 g/mol. The summed E-state index contributed by atoms with van der Waals surface area (Å²) in [5, 5.41) is 15.7. The molecule has 0 bridgehead atoms. The van der Waals surface area contributed by atoms with E-state index in [2.05, 4.69) is 20.6 Å². The van der Waals surface area contributed by atoms with Gasteiger partial charge < -0.3 is 14.5 Å². The highest BCUT2D eigenvalue weighted by Gasteiger charge is 2.11. The van der Waals surface area contributed by atoms with Crippen LogP contribution in [0, 0.1) is 0 Å². The molecule has 1 N–H and O–H groups in total. The number of hydrogen-bond acceptors (Lipinski definition) is 6. The van der Waals surface area contributed by atoms with E-state index in [0.29, 0.717) is 40.5 Å². The summed E-state index contributed by atoms with van der Waals surface area (Å²) in [6, 6.07) is 15.8. The van der Waals surface area contributed by atoms with Crippen LogP contribution in [0.3, 0.4) is 0 Å².